The summed E-state index contributed by atoms with van der Waals surface area (Å²) in [5.41, 5.74) is 0.220. The molecule has 7 nitrogen and oxygen atoms in total. The van der Waals surface area contributed by atoms with Crippen LogP contribution < -0.4 is 16.0 Å². The summed E-state index contributed by atoms with van der Waals surface area (Å²) in [5.74, 6) is 0.493. The molecule has 0 aliphatic rings. The van der Waals surface area contributed by atoms with Gasteiger partial charge in [-0.15, -0.1) is 0 Å². The van der Waals surface area contributed by atoms with Gasteiger partial charge in [-0.25, -0.2) is 4.79 Å². The van der Waals surface area contributed by atoms with Gasteiger partial charge < -0.3 is 4.74 Å². The fourth-order valence-corrected chi connectivity index (χ4v) is 2.61. The van der Waals surface area contributed by atoms with Crippen molar-refractivity contribution in [2.45, 2.75) is 53.6 Å². The summed E-state index contributed by atoms with van der Waals surface area (Å²) in [5, 5.41) is 0. The molecule has 0 unspecified atom stereocenters. The Morgan fingerprint density at radius 2 is 1.83 bits per heavy atom. The van der Waals surface area contributed by atoms with Gasteiger partial charge in [0.25, 0.3) is 11.6 Å². The summed E-state index contributed by atoms with van der Waals surface area (Å²) in [7, 11) is 1.64. The van der Waals surface area contributed by atoms with Crippen molar-refractivity contribution in [2.75, 3.05) is 6.61 Å². The SMILES string of the molecule is CCCn1c(=O)c2c(nc(OCC)n2CCC(C)C)n(C)c1=O. The topological polar surface area (TPSA) is 71.1 Å². The molecule has 0 radical (unpaired) electrons. The van der Waals surface area contributed by atoms with Gasteiger partial charge in [-0.3, -0.25) is 18.5 Å². The molecule has 0 amide bonds. The second-order valence-corrected chi connectivity index (χ2v) is 6.13. The highest BCUT2D eigenvalue weighted by Gasteiger charge is 2.20. The Bertz CT molecular complexity index is 798. The maximum Gasteiger partial charge on any atom is 0.332 e. The molecule has 0 atom stereocenters. The summed E-state index contributed by atoms with van der Waals surface area (Å²) < 4.78 is 10.1. The largest absolute Gasteiger partial charge is 0.465 e. The van der Waals surface area contributed by atoms with Gasteiger partial charge in [-0.05, 0) is 25.7 Å². The first kappa shape index (κ1) is 17.3. The van der Waals surface area contributed by atoms with Crippen LogP contribution in [0.25, 0.3) is 11.2 Å². The van der Waals surface area contributed by atoms with E-state index in [1.807, 2.05) is 18.4 Å². The number of imidazole rings is 1. The third kappa shape index (κ3) is 3.18. The monoisotopic (exact) mass is 322 g/mol. The number of hydrogen-bond donors (Lipinski definition) is 0. The first-order valence-corrected chi connectivity index (χ1v) is 8.25. The van der Waals surface area contributed by atoms with Crippen LogP contribution >= 0.6 is 0 Å². The van der Waals surface area contributed by atoms with Crippen molar-refractivity contribution in [1.29, 1.82) is 0 Å². The maximum absolute atomic E-state index is 12.8. The Kier molecular flexibility index (Phi) is 5.28. The van der Waals surface area contributed by atoms with Crippen LogP contribution in [0.1, 0.15) is 40.5 Å². The molecule has 0 aliphatic heterocycles. The van der Waals surface area contributed by atoms with Crippen molar-refractivity contribution in [1.82, 2.24) is 18.7 Å². The average molecular weight is 322 g/mol. The summed E-state index contributed by atoms with van der Waals surface area (Å²) in [6.07, 6.45) is 1.63. The lowest BCUT2D eigenvalue weighted by Crippen LogP contribution is -2.39. The van der Waals surface area contributed by atoms with Gasteiger partial charge in [0.2, 0.25) is 0 Å². The predicted octanol–water partition coefficient (Wildman–Crippen LogP) is 1.75. The number of aromatic nitrogens is 4. The number of fused-ring (bicyclic) bond motifs is 1. The molecular weight excluding hydrogens is 296 g/mol. The van der Waals surface area contributed by atoms with E-state index in [1.54, 1.807) is 7.05 Å². The third-order valence-corrected chi connectivity index (χ3v) is 3.85. The zero-order valence-corrected chi connectivity index (χ0v) is 14.6. The zero-order valence-electron chi connectivity index (χ0n) is 14.6. The number of rotatable bonds is 7. The van der Waals surface area contributed by atoms with E-state index in [0.717, 1.165) is 12.8 Å². The van der Waals surface area contributed by atoms with Crippen LogP contribution in [0, 0.1) is 5.92 Å². The van der Waals surface area contributed by atoms with Crippen LogP contribution in [0.5, 0.6) is 6.01 Å². The number of aryl methyl sites for hydroxylation is 2. The second kappa shape index (κ2) is 7.02. The Balaban J connectivity index is 2.76. The average Bonchev–Trinajstić information content (AvgIpc) is 2.86. The maximum atomic E-state index is 12.8. The van der Waals surface area contributed by atoms with E-state index >= 15 is 0 Å². The van der Waals surface area contributed by atoms with Gasteiger partial charge in [0.15, 0.2) is 11.2 Å². The quantitative estimate of drug-likeness (QED) is 0.778. The molecular formula is C16H26N4O3. The van der Waals surface area contributed by atoms with Crippen LogP contribution in [0.15, 0.2) is 9.59 Å². The van der Waals surface area contributed by atoms with Gasteiger partial charge in [-0.2, -0.15) is 4.98 Å². The smallest absolute Gasteiger partial charge is 0.332 e. The third-order valence-electron chi connectivity index (χ3n) is 3.85. The van der Waals surface area contributed by atoms with Crippen LogP contribution in [0.4, 0.5) is 0 Å². The Morgan fingerprint density at radius 3 is 2.39 bits per heavy atom. The molecule has 2 aromatic heterocycles. The lowest BCUT2D eigenvalue weighted by molar-refractivity contribution is 0.294. The van der Waals surface area contributed by atoms with Gasteiger partial charge in [0.05, 0.1) is 6.61 Å². The zero-order chi connectivity index (χ0) is 17.1. The minimum Gasteiger partial charge on any atom is -0.465 e. The summed E-state index contributed by atoms with van der Waals surface area (Å²) >= 11 is 0. The molecule has 0 spiro atoms. The van der Waals surface area contributed by atoms with E-state index in [2.05, 4.69) is 18.8 Å². The molecule has 0 saturated heterocycles. The molecule has 0 saturated carbocycles. The molecule has 2 rings (SSSR count). The van der Waals surface area contributed by atoms with Crippen LogP contribution in [-0.4, -0.2) is 25.3 Å². The van der Waals surface area contributed by atoms with Crippen molar-refractivity contribution in [3.8, 4) is 6.01 Å². The Hall–Kier alpha value is -2.05. The van der Waals surface area contributed by atoms with Gasteiger partial charge in [0.1, 0.15) is 0 Å². The molecule has 23 heavy (non-hydrogen) atoms. The van der Waals surface area contributed by atoms with E-state index in [4.69, 9.17) is 4.74 Å². The fourth-order valence-electron chi connectivity index (χ4n) is 2.61. The molecule has 128 valence electrons. The molecule has 0 N–H and O–H groups in total. The van der Waals surface area contributed by atoms with Crippen molar-refractivity contribution in [3.05, 3.63) is 20.8 Å². The standard InChI is InChI=1S/C16H26N4O3/c1-6-9-20-14(21)12-13(18(5)16(20)22)17-15(23-7-2)19(12)10-8-11(3)4/h11H,6-10H2,1-5H3. The van der Waals surface area contributed by atoms with E-state index < -0.39 is 0 Å². The van der Waals surface area contributed by atoms with Crippen molar-refractivity contribution >= 4 is 11.2 Å². The molecule has 2 aromatic rings. The first-order valence-electron chi connectivity index (χ1n) is 8.25. The van der Waals surface area contributed by atoms with Crippen LogP contribution in [0.3, 0.4) is 0 Å². The Morgan fingerprint density at radius 1 is 1.13 bits per heavy atom. The molecule has 0 fully saturated rings. The molecule has 0 aromatic carbocycles. The van der Waals surface area contributed by atoms with Gasteiger partial charge in [-0.1, -0.05) is 20.8 Å². The summed E-state index contributed by atoms with van der Waals surface area (Å²) in [6, 6.07) is 0.407. The predicted molar refractivity (Wildman–Crippen MR) is 90.1 cm³/mol. The van der Waals surface area contributed by atoms with E-state index in [1.165, 1.54) is 9.13 Å². The number of nitrogens with zero attached hydrogens (tertiary/aromatic N) is 4. The molecule has 0 bridgehead atoms. The van der Waals surface area contributed by atoms with Gasteiger partial charge in [0, 0.05) is 20.1 Å². The number of hydrogen-bond acceptors (Lipinski definition) is 4. The van der Waals surface area contributed by atoms with E-state index in [9.17, 15) is 9.59 Å². The van der Waals surface area contributed by atoms with Crippen LogP contribution in [0.2, 0.25) is 0 Å². The van der Waals surface area contributed by atoms with Crippen molar-refractivity contribution in [2.24, 2.45) is 13.0 Å². The van der Waals surface area contributed by atoms with Gasteiger partial charge >= 0.3 is 5.69 Å². The minimum absolute atomic E-state index is 0.285. The van der Waals surface area contributed by atoms with E-state index in [-0.39, 0.29) is 11.2 Å². The van der Waals surface area contributed by atoms with Crippen LogP contribution in [-0.2, 0) is 20.1 Å². The minimum atomic E-state index is -0.332. The van der Waals surface area contributed by atoms with Crippen molar-refractivity contribution < 1.29 is 4.74 Å². The normalized spacial score (nSPS) is 11.6. The second-order valence-electron chi connectivity index (χ2n) is 6.13. The molecule has 0 aliphatic carbocycles. The lowest BCUT2D eigenvalue weighted by Gasteiger charge is -2.11. The Labute approximate surface area is 135 Å². The van der Waals surface area contributed by atoms with E-state index in [0.29, 0.717) is 42.8 Å². The highest BCUT2D eigenvalue weighted by molar-refractivity contribution is 5.71. The summed E-state index contributed by atoms with van der Waals surface area (Å²) in [6.45, 7) is 9.58. The highest BCUT2D eigenvalue weighted by atomic mass is 16.5. The molecule has 7 heteroatoms. The molecule has 2 heterocycles. The van der Waals surface area contributed by atoms with Crippen molar-refractivity contribution in [3.63, 3.8) is 0 Å². The number of ether oxygens (including phenoxy) is 1. The highest BCUT2D eigenvalue weighted by Crippen LogP contribution is 2.19. The fraction of sp³-hybridized carbons (Fsp3) is 0.688. The lowest BCUT2D eigenvalue weighted by atomic mass is 10.1. The summed E-state index contributed by atoms with van der Waals surface area (Å²) in [4.78, 5) is 29.6. The first-order chi connectivity index (χ1) is 10.9.